The molecule has 0 aromatic heterocycles. The average Bonchev–Trinajstić information content (AvgIpc) is 2.82. The summed E-state index contributed by atoms with van der Waals surface area (Å²) in [6.45, 7) is 0.697. The minimum atomic E-state index is 0.207. The smallest absolute Gasteiger partial charge is 0.119 e. The summed E-state index contributed by atoms with van der Waals surface area (Å²) in [5, 5.41) is 0. The molecule has 2 aliphatic rings. The van der Waals surface area contributed by atoms with Crippen LogP contribution in [-0.4, -0.2) is 18.3 Å². The predicted molar refractivity (Wildman–Crippen MR) is 84.6 cm³/mol. The third-order valence-corrected chi connectivity index (χ3v) is 5.07. The van der Waals surface area contributed by atoms with Crippen LogP contribution in [0, 0.1) is 3.57 Å². The number of ether oxygens (including phenoxy) is 2. The fourth-order valence-corrected chi connectivity index (χ4v) is 3.66. The highest BCUT2D eigenvalue weighted by molar-refractivity contribution is 14.1. The van der Waals surface area contributed by atoms with Gasteiger partial charge in [-0.25, -0.2) is 0 Å². The Morgan fingerprint density at radius 2 is 1.84 bits per heavy atom. The Hall–Kier alpha value is -0.290. The van der Waals surface area contributed by atoms with Crippen molar-refractivity contribution in [2.75, 3.05) is 6.61 Å². The van der Waals surface area contributed by atoms with Crippen LogP contribution >= 0.6 is 22.6 Å². The van der Waals surface area contributed by atoms with Crippen LogP contribution in [0.3, 0.4) is 0 Å². The van der Waals surface area contributed by atoms with Gasteiger partial charge in [0.2, 0.25) is 0 Å². The van der Waals surface area contributed by atoms with E-state index in [0.29, 0.717) is 6.61 Å². The molecule has 1 atom stereocenters. The third kappa shape index (κ3) is 3.43. The second-order valence-electron chi connectivity index (χ2n) is 5.79. The van der Waals surface area contributed by atoms with Crippen LogP contribution in [0.1, 0.15) is 44.9 Å². The Morgan fingerprint density at radius 1 is 1.11 bits per heavy atom. The van der Waals surface area contributed by atoms with Crippen LogP contribution in [0.15, 0.2) is 24.3 Å². The van der Waals surface area contributed by atoms with Gasteiger partial charge in [0.1, 0.15) is 12.4 Å². The Bertz CT molecular complexity index is 409. The van der Waals surface area contributed by atoms with Crippen molar-refractivity contribution in [2.45, 2.75) is 56.7 Å². The van der Waals surface area contributed by atoms with Crippen molar-refractivity contribution < 1.29 is 9.47 Å². The van der Waals surface area contributed by atoms with Crippen molar-refractivity contribution in [3.05, 3.63) is 27.8 Å². The van der Waals surface area contributed by atoms with Gasteiger partial charge in [-0.2, -0.15) is 0 Å². The molecule has 19 heavy (non-hydrogen) atoms. The van der Waals surface area contributed by atoms with Crippen molar-refractivity contribution in [1.82, 2.24) is 0 Å². The molecule has 1 saturated carbocycles. The molecule has 0 amide bonds. The van der Waals surface area contributed by atoms with Gasteiger partial charge >= 0.3 is 0 Å². The van der Waals surface area contributed by atoms with Gasteiger partial charge in [-0.05, 0) is 72.5 Å². The summed E-state index contributed by atoms with van der Waals surface area (Å²) in [7, 11) is 0. The van der Waals surface area contributed by atoms with Gasteiger partial charge in [-0.3, -0.25) is 0 Å². The molecule has 1 aromatic carbocycles. The number of halogens is 1. The Morgan fingerprint density at radius 3 is 2.58 bits per heavy atom. The molecule has 3 rings (SSSR count). The number of hydrogen-bond acceptors (Lipinski definition) is 2. The quantitative estimate of drug-likeness (QED) is 0.725. The minimum Gasteiger partial charge on any atom is -0.491 e. The third-order valence-electron chi connectivity index (χ3n) is 4.35. The maximum absolute atomic E-state index is 6.31. The van der Waals surface area contributed by atoms with Crippen molar-refractivity contribution in [3.63, 3.8) is 0 Å². The maximum atomic E-state index is 6.31. The highest BCUT2D eigenvalue weighted by atomic mass is 127. The molecule has 2 nitrogen and oxygen atoms in total. The van der Waals surface area contributed by atoms with Crippen molar-refractivity contribution in [3.8, 4) is 5.75 Å². The van der Waals surface area contributed by atoms with E-state index in [-0.39, 0.29) is 11.7 Å². The lowest BCUT2D eigenvalue weighted by Gasteiger charge is -2.33. The van der Waals surface area contributed by atoms with E-state index in [4.69, 9.17) is 9.47 Å². The van der Waals surface area contributed by atoms with Gasteiger partial charge in [0.05, 0.1) is 11.7 Å². The molecular formula is C16H21IO2. The van der Waals surface area contributed by atoms with Gasteiger partial charge in [0, 0.05) is 3.57 Å². The summed E-state index contributed by atoms with van der Waals surface area (Å²) in [6.07, 6.45) is 9.25. The van der Waals surface area contributed by atoms with Gasteiger partial charge in [-0.15, -0.1) is 0 Å². The molecule has 1 aliphatic heterocycles. The molecule has 1 heterocycles. The Balaban J connectivity index is 1.50. The first kappa shape index (κ1) is 13.7. The van der Waals surface area contributed by atoms with E-state index in [1.807, 2.05) is 12.1 Å². The molecule has 0 radical (unpaired) electrons. The highest BCUT2D eigenvalue weighted by Gasteiger charge is 2.40. The number of rotatable bonds is 3. The van der Waals surface area contributed by atoms with Crippen molar-refractivity contribution in [2.24, 2.45) is 0 Å². The zero-order valence-corrected chi connectivity index (χ0v) is 13.4. The lowest BCUT2D eigenvalue weighted by molar-refractivity contribution is -0.0748. The topological polar surface area (TPSA) is 18.5 Å². The molecule has 1 unspecified atom stereocenters. The predicted octanol–water partition coefficient (Wildman–Crippen LogP) is 4.55. The van der Waals surface area contributed by atoms with Crippen molar-refractivity contribution >= 4 is 22.6 Å². The van der Waals surface area contributed by atoms with Crippen LogP contribution in [0.4, 0.5) is 0 Å². The zero-order chi connectivity index (χ0) is 13.1. The number of benzene rings is 1. The van der Waals surface area contributed by atoms with Gasteiger partial charge in [0.15, 0.2) is 0 Å². The maximum Gasteiger partial charge on any atom is 0.119 e. The summed E-state index contributed by atoms with van der Waals surface area (Å²) in [5.74, 6) is 0.952. The molecule has 0 N–H and O–H groups in total. The fourth-order valence-electron chi connectivity index (χ4n) is 3.30. The lowest BCUT2D eigenvalue weighted by atomic mass is 9.83. The largest absolute Gasteiger partial charge is 0.491 e. The molecule has 1 aromatic rings. The van der Waals surface area contributed by atoms with Gasteiger partial charge in [0.25, 0.3) is 0 Å². The fraction of sp³-hybridized carbons (Fsp3) is 0.625. The summed E-state index contributed by atoms with van der Waals surface area (Å²) >= 11 is 2.31. The summed E-state index contributed by atoms with van der Waals surface area (Å²) in [6, 6.07) is 8.22. The first-order valence-electron chi connectivity index (χ1n) is 7.32. The van der Waals surface area contributed by atoms with Crippen LogP contribution in [0.5, 0.6) is 5.75 Å². The van der Waals surface area contributed by atoms with Crippen LogP contribution < -0.4 is 4.74 Å². The Kier molecular flexibility index (Phi) is 4.32. The first-order chi connectivity index (χ1) is 9.26. The molecule has 1 saturated heterocycles. The first-order valence-corrected chi connectivity index (χ1v) is 8.40. The molecule has 104 valence electrons. The van der Waals surface area contributed by atoms with E-state index in [9.17, 15) is 0 Å². The summed E-state index contributed by atoms with van der Waals surface area (Å²) in [4.78, 5) is 0. The van der Waals surface area contributed by atoms with Crippen LogP contribution in [-0.2, 0) is 4.74 Å². The molecule has 0 bridgehead atoms. The molecule has 2 fully saturated rings. The molecule has 3 heteroatoms. The van der Waals surface area contributed by atoms with E-state index in [2.05, 4.69) is 34.7 Å². The lowest BCUT2D eigenvalue weighted by Crippen LogP contribution is -2.32. The normalized spacial score (nSPS) is 25.6. The van der Waals surface area contributed by atoms with Gasteiger partial charge in [-0.1, -0.05) is 19.3 Å². The van der Waals surface area contributed by atoms with E-state index in [1.165, 1.54) is 42.1 Å². The SMILES string of the molecule is Ic1ccc(OCC2CCC3(CCCCC3)O2)cc1. The van der Waals surface area contributed by atoms with E-state index in [1.54, 1.807) is 0 Å². The standard InChI is InChI=1S/C16H21IO2/c17-13-4-6-14(7-5-13)18-12-15-8-11-16(19-15)9-2-1-3-10-16/h4-7,15H,1-3,8-12H2. The summed E-state index contributed by atoms with van der Waals surface area (Å²) < 4.78 is 13.4. The summed E-state index contributed by atoms with van der Waals surface area (Å²) in [5.41, 5.74) is 0.207. The Labute approximate surface area is 129 Å². The molecular weight excluding hydrogens is 351 g/mol. The molecule has 1 aliphatic carbocycles. The second kappa shape index (κ2) is 6.00. The number of hydrogen-bond donors (Lipinski definition) is 0. The second-order valence-corrected chi connectivity index (χ2v) is 7.03. The van der Waals surface area contributed by atoms with Crippen molar-refractivity contribution in [1.29, 1.82) is 0 Å². The average molecular weight is 372 g/mol. The zero-order valence-electron chi connectivity index (χ0n) is 11.2. The minimum absolute atomic E-state index is 0.207. The van der Waals surface area contributed by atoms with E-state index < -0.39 is 0 Å². The monoisotopic (exact) mass is 372 g/mol. The van der Waals surface area contributed by atoms with Gasteiger partial charge < -0.3 is 9.47 Å². The molecule has 1 spiro atoms. The van der Waals surface area contributed by atoms with Crippen LogP contribution in [0.2, 0.25) is 0 Å². The van der Waals surface area contributed by atoms with E-state index in [0.717, 1.165) is 12.2 Å². The van der Waals surface area contributed by atoms with E-state index >= 15 is 0 Å². The van der Waals surface area contributed by atoms with Crippen LogP contribution in [0.25, 0.3) is 0 Å². The highest BCUT2D eigenvalue weighted by Crippen LogP contribution is 2.41.